The van der Waals surface area contributed by atoms with Crippen LogP contribution >= 0.6 is 0 Å². The Morgan fingerprint density at radius 3 is 2.81 bits per heavy atom. The first-order valence-corrected chi connectivity index (χ1v) is 11.4. The van der Waals surface area contributed by atoms with Crippen LogP contribution in [0.2, 0.25) is 0 Å². The number of carbonyl (C=O) groups excluding carboxylic acids is 2. The number of piperidine rings is 2. The molecule has 2 saturated heterocycles. The van der Waals surface area contributed by atoms with E-state index in [1.807, 2.05) is 17.0 Å². The van der Waals surface area contributed by atoms with Crippen molar-refractivity contribution < 1.29 is 19.8 Å². The van der Waals surface area contributed by atoms with E-state index >= 15 is 0 Å². The Bertz CT molecular complexity index is 1030. The van der Waals surface area contributed by atoms with E-state index in [0.29, 0.717) is 12.1 Å². The Morgan fingerprint density at radius 1 is 1.16 bits per heavy atom. The summed E-state index contributed by atoms with van der Waals surface area (Å²) in [6, 6.07) is 13.8. The maximum atomic E-state index is 13.4. The third kappa shape index (κ3) is 3.60. The lowest BCUT2D eigenvalue weighted by atomic mass is 9.76. The average molecular weight is 436 g/mol. The van der Waals surface area contributed by atoms with Crippen molar-refractivity contribution in [3.05, 3.63) is 65.2 Å². The van der Waals surface area contributed by atoms with Gasteiger partial charge in [-0.1, -0.05) is 36.4 Å². The van der Waals surface area contributed by atoms with E-state index in [9.17, 15) is 19.8 Å². The van der Waals surface area contributed by atoms with Gasteiger partial charge in [-0.15, -0.1) is 0 Å². The van der Waals surface area contributed by atoms with Crippen molar-refractivity contribution in [2.45, 2.75) is 43.8 Å². The zero-order valence-electron chi connectivity index (χ0n) is 18.0. The van der Waals surface area contributed by atoms with Gasteiger partial charge < -0.3 is 25.3 Å². The molecule has 7 nitrogen and oxygen atoms in total. The average Bonchev–Trinajstić information content (AvgIpc) is 2.82. The summed E-state index contributed by atoms with van der Waals surface area (Å²) in [5.41, 5.74) is 3.13. The van der Waals surface area contributed by atoms with Crippen LogP contribution in [-0.4, -0.2) is 57.7 Å². The predicted molar refractivity (Wildman–Crippen MR) is 119 cm³/mol. The topological polar surface area (TPSA) is 93.1 Å². The molecule has 3 aliphatic heterocycles. The van der Waals surface area contributed by atoms with Crippen LogP contribution in [0, 0.1) is 5.92 Å². The van der Waals surface area contributed by atoms with E-state index in [2.05, 4.69) is 17.4 Å². The molecule has 3 aliphatic rings. The number of hydrogen-bond acceptors (Lipinski definition) is 4. The molecule has 0 saturated carbocycles. The fourth-order valence-electron chi connectivity index (χ4n) is 5.71. The zero-order chi connectivity index (χ0) is 22.2. The van der Waals surface area contributed by atoms with Crippen LogP contribution < -0.4 is 5.32 Å². The van der Waals surface area contributed by atoms with Crippen molar-refractivity contribution in [3.63, 3.8) is 0 Å². The number of benzene rings is 2. The van der Waals surface area contributed by atoms with E-state index in [-0.39, 0.29) is 42.3 Å². The Morgan fingerprint density at radius 2 is 2.00 bits per heavy atom. The molecule has 7 heteroatoms. The van der Waals surface area contributed by atoms with E-state index < -0.39 is 6.04 Å². The van der Waals surface area contributed by atoms with Crippen molar-refractivity contribution in [2.24, 2.45) is 5.92 Å². The molecule has 0 aliphatic carbocycles. The fraction of sp³-hybridized carbons (Fsp3) is 0.440. The highest BCUT2D eigenvalue weighted by molar-refractivity contribution is 5.83. The van der Waals surface area contributed by atoms with Gasteiger partial charge in [-0.05, 0) is 54.5 Å². The highest BCUT2D eigenvalue weighted by atomic mass is 16.3. The molecular formula is C25H29N3O4. The number of aliphatic hydroxyl groups excluding tert-OH is 1. The van der Waals surface area contributed by atoms with Crippen LogP contribution in [0.5, 0.6) is 5.75 Å². The molecule has 168 valence electrons. The third-order valence-corrected chi connectivity index (χ3v) is 7.27. The summed E-state index contributed by atoms with van der Waals surface area (Å²) >= 11 is 0. The first-order valence-electron chi connectivity index (χ1n) is 11.4. The minimum absolute atomic E-state index is 0.00168. The number of rotatable bonds is 3. The summed E-state index contributed by atoms with van der Waals surface area (Å²) in [4.78, 5) is 30.5. The van der Waals surface area contributed by atoms with Gasteiger partial charge in [0.05, 0.1) is 24.6 Å². The van der Waals surface area contributed by atoms with Crippen LogP contribution in [-0.2, 0) is 11.2 Å². The first kappa shape index (κ1) is 20.8. The van der Waals surface area contributed by atoms with E-state index in [1.165, 1.54) is 11.1 Å². The van der Waals surface area contributed by atoms with Gasteiger partial charge in [0.15, 0.2) is 0 Å². The molecule has 3 amide bonds. The van der Waals surface area contributed by atoms with Crippen molar-refractivity contribution in [3.8, 4) is 5.75 Å². The normalized spacial score (nSPS) is 25.4. The lowest BCUT2D eigenvalue weighted by molar-refractivity contribution is -0.148. The summed E-state index contributed by atoms with van der Waals surface area (Å²) in [7, 11) is 0. The van der Waals surface area contributed by atoms with Gasteiger partial charge in [0.1, 0.15) is 5.75 Å². The molecule has 0 radical (unpaired) electrons. The monoisotopic (exact) mass is 435 g/mol. The second-order valence-corrected chi connectivity index (χ2v) is 9.02. The summed E-state index contributed by atoms with van der Waals surface area (Å²) in [6.45, 7) is 1.05. The van der Waals surface area contributed by atoms with Gasteiger partial charge >= 0.3 is 6.03 Å². The number of carbonyl (C=O) groups is 2. The van der Waals surface area contributed by atoms with E-state index in [1.54, 1.807) is 29.2 Å². The standard InChI is InChI=1S/C25H29N3O4/c29-15-21(17-6-3-7-18(30)13-17)26-25(32)28-11-4-9-20-23(28)14-22-19-8-2-1-5-16(19)10-12-27(22)24(20)31/h1-3,5-8,13,20-23,29-30H,4,9-12,14-15H2,(H,26,32)/t20-,21+,22-,23-/m1/s1. The van der Waals surface area contributed by atoms with Crippen LogP contribution in [0.4, 0.5) is 4.79 Å². The van der Waals surface area contributed by atoms with E-state index in [0.717, 1.165) is 32.2 Å². The molecule has 3 N–H and O–H groups in total. The minimum Gasteiger partial charge on any atom is -0.508 e. The fourth-order valence-corrected chi connectivity index (χ4v) is 5.71. The number of phenols is 1. The highest BCUT2D eigenvalue weighted by Gasteiger charge is 2.48. The number of aromatic hydroxyl groups is 1. The second kappa shape index (κ2) is 8.47. The number of phenolic OH excluding ortho intramolecular Hbond substituents is 1. The maximum absolute atomic E-state index is 13.4. The molecule has 0 bridgehead atoms. The second-order valence-electron chi connectivity index (χ2n) is 9.02. The Kier molecular flexibility index (Phi) is 5.51. The van der Waals surface area contributed by atoms with Crippen molar-refractivity contribution >= 4 is 11.9 Å². The molecule has 0 aromatic heterocycles. The largest absolute Gasteiger partial charge is 0.508 e. The SMILES string of the molecule is O=C1[C@@H]2CCCN(C(=O)N[C@@H](CO)c3cccc(O)c3)[C@@H]2C[C@@H]2c3ccccc3CCN12. The van der Waals surface area contributed by atoms with Gasteiger partial charge in [-0.25, -0.2) is 4.79 Å². The molecular weight excluding hydrogens is 406 g/mol. The van der Waals surface area contributed by atoms with Gasteiger partial charge in [0, 0.05) is 19.1 Å². The molecule has 2 aromatic rings. The number of aliphatic hydroxyl groups is 1. The number of amides is 3. The summed E-state index contributed by atoms with van der Waals surface area (Å²) in [6.07, 6.45) is 3.19. The lowest BCUT2D eigenvalue weighted by Crippen LogP contribution is -2.61. The van der Waals surface area contributed by atoms with Crippen molar-refractivity contribution in [1.82, 2.24) is 15.1 Å². The number of nitrogens with one attached hydrogen (secondary N) is 1. The van der Waals surface area contributed by atoms with Gasteiger partial charge in [0.25, 0.3) is 0 Å². The molecule has 4 atom stereocenters. The summed E-state index contributed by atoms with van der Waals surface area (Å²) in [5.74, 6) is 0.0662. The zero-order valence-corrected chi connectivity index (χ0v) is 18.0. The number of nitrogens with zero attached hydrogens (tertiary/aromatic N) is 2. The molecule has 0 unspecified atom stereocenters. The number of urea groups is 1. The minimum atomic E-state index is -0.624. The molecule has 5 rings (SSSR count). The molecule has 0 spiro atoms. The number of likely N-dealkylation sites (tertiary alicyclic amines) is 1. The molecule has 3 heterocycles. The summed E-state index contributed by atoms with van der Waals surface area (Å²) in [5, 5.41) is 22.6. The Labute approximate surface area is 187 Å². The lowest BCUT2D eigenvalue weighted by Gasteiger charge is -2.51. The van der Waals surface area contributed by atoms with Crippen LogP contribution in [0.25, 0.3) is 0 Å². The van der Waals surface area contributed by atoms with Gasteiger partial charge in [0.2, 0.25) is 5.91 Å². The van der Waals surface area contributed by atoms with Crippen LogP contribution in [0.1, 0.15) is 48.0 Å². The first-order chi connectivity index (χ1) is 15.6. The van der Waals surface area contributed by atoms with E-state index in [4.69, 9.17) is 0 Å². The number of hydrogen-bond donors (Lipinski definition) is 3. The van der Waals surface area contributed by atoms with Crippen molar-refractivity contribution in [1.29, 1.82) is 0 Å². The molecule has 2 fully saturated rings. The Balaban J connectivity index is 1.38. The molecule has 32 heavy (non-hydrogen) atoms. The smallest absolute Gasteiger partial charge is 0.318 e. The summed E-state index contributed by atoms with van der Waals surface area (Å²) < 4.78 is 0. The van der Waals surface area contributed by atoms with Crippen LogP contribution in [0.3, 0.4) is 0 Å². The third-order valence-electron chi connectivity index (χ3n) is 7.27. The number of fused-ring (bicyclic) bond motifs is 4. The van der Waals surface area contributed by atoms with Gasteiger partial charge in [-0.3, -0.25) is 4.79 Å². The highest BCUT2D eigenvalue weighted by Crippen LogP contribution is 2.43. The quantitative estimate of drug-likeness (QED) is 0.691. The Hall–Kier alpha value is -3.06. The van der Waals surface area contributed by atoms with Gasteiger partial charge in [-0.2, -0.15) is 0 Å². The maximum Gasteiger partial charge on any atom is 0.318 e. The molecule has 2 aromatic carbocycles. The van der Waals surface area contributed by atoms with Crippen molar-refractivity contribution in [2.75, 3.05) is 19.7 Å². The predicted octanol–water partition coefficient (Wildman–Crippen LogP) is 2.75. The van der Waals surface area contributed by atoms with Crippen LogP contribution in [0.15, 0.2) is 48.5 Å².